The Bertz CT molecular complexity index is 1500. The molecule has 0 amide bonds. The predicted molar refractivity (Wildman–Crippen MR) is 123 cm³/mol. The van der Waals surface area contributed by atoms with Crippen molar-refractivity contribution in [1.29, 1.82) is 0 Å². The summed E-state index contributed by atoms with van der Waals surface area (Å²) in [6.45, 7) is 1.85. The maximum absolute atomic E-state index is 8.16. The minimum absolute atomic E-state index is 0.353. The highest BCUT2D eigenvalue weighted by Gasteiger charge is 2.17. The highest BCUT2D eigenvalue weighted by Crippen LogP contribution is 2.36. The van der Waals surface area contributed by atoms with Crippen LogP contribution in [-0.2, 0) is 7.05 Å². The Kier molecular flexibility index (Phi) is 3.48. The molecule has 5 aromatic rings. The molecule has 2 aromatic carbocycles. The Hall–Kier alpha value is -3.04. The van der Waals surface area contributed by atoms with Crippen molar-refractivity contribution in [1.82, 2.24) is 4.98 Å². The van der Waals surface area contributed by atoms with Crippen LogP contribution in [0.25, 0.3) is 42.7 Å². The highest BCUT2D eigenvalue weighted by atomic mass is 32.1. The Morgan fingerprint density at radius 3 is 2.55 bits per heavy atom. The lowest BCUT2D eigenvalue weighted by molar-refractivity contribution is -0.660. The van der Waals surface area contributed by atoms with Crippen molar-refractivity contribution < 1.29 is 8.68 Å². The van der Waals surface area contributed by atoms with E-state index in [1.807, 2.05) is 48.9 Å². The minimum atomic E-state index is -2.22. The first kappa shape index (κ1) is 14.9. The molecule has 0 N–H and O–H groups in total. The van der Waals surface area contributed by atoms with Crippen LogP contribution in [-0.4, -0.2) is 4.98 Å². The van der Waals surface area contributed by atoms with Crippen LogP contribution in [0.15, 0.2) is 66.9 Å². The molecule has 0 radical (unpaired) electrons. The molecule has 0 aliphatic heterocycles. The van der Waals surface area contributed by atoms with Gasteiger partial charge < -0.3 is 0 Å². The maximum atomic E-state index is 8.16. The Balaban J connectivity index is 1.77. The zero-order valence-electron chi connectivity index (χ0n) is 19.7. The summed E-state index contributed by atoms with van der Waals surface area (Å²) in [5.74, 6) is 0. The van der Waals surface area contributed by atoms with Gasteiger partial charge in [-0.3, -0.25) is 0 Å². The van der Waals surface area contributed by atoms with E-state index < -0.39 is 6.85 Å². The molecule has 3 aromatic heterocycles. The van der Waals surface area contributed by atoms with Gasteiger partial charge in [-0.15, -0.1) is 11.3 Å². The van der Waals surface area contributed by atoms with Gasteiger partial charge in [-0.25, -0.2) is 9.55 Å². The monoisotopic (exact) mass is 398 g/mol. The molecule has 5 rings (SSSR count). The molecule has 142 valence electrons. The van der Waals surface area contributed by atoms with Gasteiger partial charge in [0.15, 0.2) is 6.20 Å². The Morgan fingerprint density at radius 2 is 1.72 bits per heavy atom. The lowest BCUT2D eigenvalue weighted by Crippen LogP contribution is -2.31. The van der Waals surface area contributed by atoms with Crippen LogP contribution in [0, 0.1) is 20.7 Å². The van der Waals surface area contributed by atoms with Crippen LogP contribution >= 0.6 is 11.3 Å². The van der Waals surface area contributed by atoms with E-state index in [9.17, 15) is 0 Å². The third-order valence-corrected chi connectivity index (χ3v) is 6.55. The number of pyridine rings is 2. The van der Waals surface area contributed by atoms with E-state index >= 15 is 0 Å². The van der Waals surface area contributed by atoms with Crippen molar-refractivity contribution >= 4 is 31.6 Å². The predicted octanol–water partition coefficient (Wildman–Crippen LogP) is 6.53. The van der Waals surface area contributed by atoms with E-state index in [2.05, 4.69) is 42.2 Å². The van der Waals surface area contributed by atoms with Gasteiger partial charge in [0.2, 0.25) is 5.69 Å². The van der Waals surface area contributed by atoms with Crippen LogP contribution in [0.4, 0.5) is 0 Å². The molecule has 3 heterocycles. The number of benzene rings is 2. The molecule has 0 atom stereocenters. The summed E-state index contributed by atoms with van der Waals surface area (Å²) in [5.41, 5.74) is 6.22. The van der Waals surface area contributed by atoms with Gasteiger partial charge in [0.25, 0.3) is 0 Å². The Morgan fingerprint density at radius 1 is 0.897 bits per heavy atom. The maximum Gasteiger partial charge on any atom is 0.213 e. The first-order valence-corrected chi connectivity index (χ1v) is 10.4. The molecule has 0 spiro atoms. The number of rotatable bonds is 2. The molecule has 2 nitrogen and oxygen atoms in total. The van der Waals surface area contributed by atoms with Gasteiger partial charge in [-0.2, -0.15) is 0 Å². The number of fused-ring (bicyclic) bond motifs is 3. The van der Waals surface area contributed by atoms with E-state index in [0.29, 0.717) is 5.56 Å². The largest absolute Gasteiger partial charge is 0.242 e. The van der Waals surface area contributed by atoms with Crippen LogP contribution in [0.1, 0.15) is 20.9 Å². The average Bonchev–Trinajstić information content (AvgIpc) is 3.10. The van der Waals surface area contributed by atoms with Crippen molar-refractivity contribution in [2.24, 2.45) is 7.05 Å². The second kappa shape index (κ2) is 6.78. The molecular formula is C26H23N2S+. The lowest BCUT2D eigenvalue weighted by atomic mass is 9.97. The molecule has 29 heavy (non-hydrogen) atoms. The van der Waals surface area contributed by atoms with Crippen molar-refractivity contribution in [3.8, 4) is 22.4 Å². The van der Waals surface area contributed by atoms with E-state index in [-0.39, 0.29) is 0 Å². The number of thiophene rings is 1. The van der Waals surface area contributed by atoms with Crippen molar-refractivity contribution in [3.63, 3.8) is 0 Å². The van der Waals surface area contributed by atoms with Gasteiger partial charge in [0.1, 0.15) is 11.9 Å². The lowest BCUT2D eigenvalue weighted by Gasteiger charge is -2.10. The molecular weight excluding hydrogens is 372 g/mol. The van der Waals surface area contributed by atoms with Gasteiger partial charge in [0, 0.05) is 42.5 Å². The van der Waals surface area contributed by atoms with E-state index in [1.54, 1.807) is 17.5 Å². The van der Waals surface area contributed by atoms with Crippen molar-refractivity contribution in [2.75, 3.05) is 0 Å². The number of aryl methyl sites for hydroxylation is 4. The SMILES string of the molecule is [2H]C([2H])([2H])c1c[n+](C)c(-c2ccccc2C)cc1-c1ccc2c(c1)sc1nc(C)ccc12. The molecule has 0 fully saturated rings. The van der Waals surface area contributed by atoms with Crippen molar-refractivity contribution in [3.05, 3.63) is 83.7 Å². The van der Waals surface area contributed by atoms with Crippen LogP contribution < -0.4 is 4.57 Å². The number of hydrogen-bond donors (Lipinski definition) is 0. The van der Waals surface area contributed by atoms with Gasteiger partial charge >= 0.3 is 0 Å². The van der Waals surface area contributed by atoms with Crippen LogP contribution in [0.5, 0.6) is 0 Å². The smallest absolute Gasteiger partial charge is 0.213 e. The molecule has 0 saturated carbocycles. The summed E-state index contributed by atoms with van der Waals surface area (Å²) in [5, 5.41) is 2.29. The van der Waals surface area contributed by atoms with Crippen LogP contribution in [0.3, 0.4) is 0 Å². The van der Waals surface area contributed by atoms with E-state index in [4.69, 9.17) is 4.11 Å². The van der Waals surface area contributed by atoms with Gasteiger partial charge in [0.05, 0.1) is 0 Å². The topological polar surface area (TPSA) is 16.8 Å². The van der Waals surface area contributed by atoms with Gasteiger partial charge in [-0.05, 0) is 61.7 Å². The first-order valence-electron chi connectivity index (χ1n) is 11.1. The summed E-state index contributed by atoms with van der Waals surface area (Å²) < 4.78 is 27.5. The fraction of sp³-hybridized carbons (Fsp3) is 0.154. The van der Waals surface area contributed by atoms with E-state index in [0.717, 1.165) is 53.9 Å². The molecule has 0 saturated heterocycles. The summed E-state index contributed by atoms with van der Waals surface area (Å²) in [4.78, 5) is 5.68. The fourth-order valence-electron chi connectivity index (χ4n) is 3.93. The minimum Gasteiger partial charge on any atom is -0.242 e. The average molecular weight is 399 g/mol. The summed E-state index contributed by atoms with van der Waals surface area (Å²) in [7, 11) is 1.91. The quantitative estimate of drug-likeness (QED) is 0.309. The summed E-state index contributed by atoms with van der Waals surface area (Å²) in [6.07, 6.45) is 1.75. The normalized spacial score (nSPS) is 13.4. The highest BCUT2D eigenvalue weighted by molar-refractivity contribution is 7.25. The standard InChI is InChI=1S/C26H23N2S/c1-16-7-5-6-8-20(16)24-14-23(17(2)15-28(24)4)19-10-12-21-22-11-9-18(3)27-26(22)29-25(21)13-19/h5-15H,1-4H3/q+1/i2D3. The molecule has 0 bridgehead atoms. The molecule has 0 aliphatic carbocycles. The summed E-state index contributed by atoms with van der Waals surface area (Å²) in [6, 6.07) is 20.6. The van der Waals surface area contributed by atoms with Crippen LogP contribution in [0.2, 0.25) is 0 Å². The number of hydrogen-bond acceptors (Lipinski definition) is 2. The molecule has 0 aliphatic rings. The fourth-order valence-corrected chi connectivity index (χ4v) is 5.09. The molecule has 0 unspecified atom stereocenters. The Labute approximate surface area is 179 Å². The second-order valence-corrected chi connectivity index (χ2v) is 8.56. The third-order valence-electron chi connectivity index (χ3n) is 5.48. The number of aromatic nitrogens is 2. The van der Waals surface area contributed by atoms with E-state index in [1.165, 1.54) is 0 Å². The van der Waals surface area contributed by atoms with Gasteiger partial charge in [-0.1, -0.05) is 30.3 Å². The van der Waals surface area contributed by atoms with Crippen molar-refractivity contribution in [2.45, 2.75) is 20.7 Å². The third kappa shape index (κ3) is 3.02. The molecule has 3 heteroatoms. The zero-order chi connectivity index (χ0) is 22.6. The summed E-state index contributed by atoms with van der Waals surface area (Å²) >= 11 is 1.65. The first-order chi connectivity index (χ1) is 15.2. The second-order valence-electron chi connectivity index (χ2n) is 7.53. The number of nitrogens with zero attached hydrogens (tertiary/aromatic N) is 2. The zero-order valence-corrected chi connectivity index (χ0v) is 17.5.